The van der Waals surface area contributed by atoms with Gasteiger partial charge in [0.15, 0.2) is 0 Å². The molecule has 1 saturated heterocycles. The van der Waals surface area contributed by atoms with Gasteiger partial charge in [-0.25, -0.2) is 4.98 Å². The van der Waals surface area contributed by atoms with E-state index < -0.39 is 5.97 Å². The van der Waals surface area contributed by atoms with Gasteiger partial charge in [-0.15, -0.1) is 11.3 Å². The molecule has 2 rings (SSSR count). The maximum Gasteiger partial charge on any atom is 0.309 e. The molecular formula is C12H18N2O2S. The predicted molar refractivity (Wildman–Crippen MR) is 67.5 cm³/mol. The van der Waals surface area contributed by atoms with Gasteiger partial charge < -0.3 is 10.0 Å². The van der Waals surface area contributed by atoms with Crippen LogP contribution in [-0.4, -0.2) is 40.6 Å². The Bertz CT molecular complexity index is 384. The lowest BCUT2D eigenvalue weighted by Gasteiger charge is -2.29. The molecule has 1 fully saturated rings. The van der Waals surface area contributed by atoms with Crippen molar-refractivity contribution in [2.45, 2.75) is 32.1 Å². The molecule has 1 N–H and O–H groups in total. The standard InChI is InChI=1S/C12H18N2O2S/c1-2-14-5-3-9(4-6-14)12-13-10(8-17-12)7-11(15)16/h8-9H,2-7H2,1H3,(H,15,16). The zero-order chi connectivity index (χ0) is 12.3. The summed E-state index contributed by atoms with van der Waals surface area (Å²) in [6, 6.07) is 0. The summed E-state index contributed by atoms with van der Waals surface area (Å²) in [5.74, 6) is -0.270. The molecule has 94 valence electrons. The van der Waals surface area contributed by atoms with Crippen LogP contribution in [0.4, 0.5) is 0 Å². The minimum Gasteiger partial charge on any atom is -0.481 e. The number of hydrogen-bond donors (Lipinski definition) is 1. The Morgan fingerprint density at radius 3 is 2.88 bits per heavy atom. The van der Waals surface area contributed by atoms with Crippen LogP contribution in [-0.2, 0) is 11.2 Å². The molecule has 0 aliphatic carbocycles. The quantitative estimate of drug-likeness (QED) is 0.892. The summed E-state index contributed by atoms with van der Waals surface area (Å²) < 4.78 is 0. The lowest BCUT2D eigenvalue weighted by molar-refractivity contribution is -0.136. The molecule has 1 aromatic heterocycles. The molecule has 0 bridgehead atoms. The second-order valence-corrected chi connectivity index (χ2v) is 5.35. The number of nitrogens with zero attached hydrogens (tertiary/aromatic N) is 2. The van der Waals surface area contributed by atoms with E-state index in [0.29, 0.717) is 11.6 Å². The van der Waals surface area contributed by atoms with Crippen molar-refractivity contribution >= 4 is 17.3 Å². The average Bonchev–Trinajstić information content (AvgIpc) is 2.77. The summed E-state index contributed by atoms with van der Waals surface area (Å²) in [4.78, 5) is 17.5. The van der Waals surface area contributed by atoms with Crippen molar-refractivity contribution < 1.29 is 9.90 Å². The van der Waals surface area contributed by atoms with Crippen molar-refractivity contribution in [3.8, 4) is 0 Å². The summed E-state index contributed by atoms with van der Waals surface area (Å²) in [5.41, 5.74) is 0.704. The van der Waals surface area contributed by atoms with Crippen LogP contribution in [0.15, 0.2) is 5.38 Å². The molecule has 0 aromatic carbocycles. The monoisotopic (exact) mass is 254 g/mol. The third-order valence-electron chi connectivity index (χ3n) is 3.29. The van der Waals surface area contributed by atoms with E-state index in [0.717, 1.165) is 37.5 Å². The van der Waals surface area contributed by atoms with Crippen molar-refractivity contribution in [3.05, 3.63) is 16.1 Å². The zero-order valence-electron chi connectivity index (χ0n) is 10.1. The first-order chi connectivity index (χ1) is 8.19. The van der Waals surface area contributed by atoms with E-state index in [1.165, 1.54) is 0 Å². The van der Waals surface area contributed by atoms with Crippen LogP contribution in [0.1, 0.15) is 36.4 Å². The Labute approximate surface area is 105 Å². The van der Waals surface area contributed by atoms with Gasteiger partial charge >= 0.3 is 5.97 Å². The molecule has 1 aromatic rings. The molecule has 0 atom stereocenters. The van der Waals surface area contributed by atoms with Crippen LogP contribution in [0.3, 0.4) is 0 Å². The fraction of sp³-hybridized carbons (Fsp3) is 0.667. The zero-order valence-corrected chi connectivity index (χ0v) is 10.9. The summed E-state index contributed by atoms with van der Waals surface area (Å²) >= 11 is 1.61. The molecule has 0 radical (unpaired) electrons. The summed E-state index contributed by atoms with van der Waals surface area (Å²) in [6.07, 6.45) is 2.34. The fourth-order valence-corrected chi connectivity index (χ4v) is 3.23. The molecule has 1 aliphatic rings. The van der Waals surface area contributed by atoms with E-state index >= 15 is 0 Å². The minimum atomic E-state index is -0.803. The van der Waals surface area contributed by atoms with Gasteiger partial charge in [0, 0.05) is 11.3 Å². The van der Waals surface area contributed by atoms with E-state index in [2.05, 4.69) is 16.8 Å². The van der Waals surface area contributed by atoms with Gasteiger partial charge in [-0.2, -0.15) is 0 Å². The van der Waals surface area contributed by atoms with Crippen LogP contribution in [0.2, 0.25) is 0 Å². The number of piperidine rings is 1. The first kappa shape index (κ1) is 12.5. The Morgan fingerprint density at radius 2 is 2.29 bits per heavy atom. The normalized spacial score (nSPS) is 18.4. The number of carboxylic acid groups (broad SMARTS) is 1. The predicted octanol–water partition coefficient (Wildman–Crippen LogP) is 1.97. The second-order valence-electron chi connectivity index (χ2n) is 4.46. The fourth-order valence-electron chi connectivity index (χ4n) is 2.24. The Kier molecular flexibility index (Phi) is 4.12. The van der Waals surface area contributed by atoms with E-state index in [4.69, 9.17) is 5.11 Å². The van der Waals surface area contributed by atoms with Crippen LogP contribution >= 0.6 is 11.3 Å². The number of thiazole rings is 1. The molecule has 1 aliphatic heterocycles. The lowest BCUT2D eigenvalue weighted by atomic mass is 9.97. The topological polar surface area (TPSA) is 53.4 Å². The van der Waals surface area contributed by atoms with Gasteiger partial charge in [0.1, 0.15) is 0 Å². The van der Waals surface area contributed by atoms with E-state index in [1.807, 2.05) is 5.38 Å². The molecule has 0 spiro atoms. The lowest BCUT2D eigenvalue weighted by Crippen LogP contribution is -2.32. The number of carboxylic acids is 1. The molecule has 4 nitrogen and oxygen atoms in total. The van der Waals surface area contributed by atoms with Crippen LogP contribution in [0.25, 0.3) is 0 Å². The highest BCUT2D eigenvalue weighted by Crippen LogP contribution is 2.30. The van der Waals surface area contributed by atoms with Gasteiger partial charge in [-0.05, 0) is 32.5 Å². The molecule has 0 amide bonds. The Balaban J connectivity index is 1.94. The number of carbonyl (C=O) groups is 1. The van der Waals surface area contributed by atoms with Crippen LogP contribution in [0.5, 0.6) is 0 Å². The van der Waals surface area contributed by atoms with Crippen molar-refractivity contribution in [3.63, 3.8) is 0 Å². The van der Waals surface area contributed by atoms with Crippen molar-refractivity contribution in [2.75, 3.05) is 19.6 Å². The molecular weight excluding hydrogens is 236 g/mol. The van der Waals surface area contributed by atoms with Crippen LogP contribution < -0.4 is 0 Å². The van der Waals surface area contributed by atoms with Gasteiger partial charge in [0.25, 0.3) is 0 Å². The largest absolute Gasteiger partial charge is 0.481 e. The molecule has 0 unspecified atom stereocenters. The third kappa shape index (κ3) is 3.26. The van der Waals surface area contributed by atoms with Gasteiger partial charge in [0.2, 0.25) is 0 Å². The average molecular weight is 254 g/mol. The van der Waals surface area contributed by atoms with E-state index in [9.17, 15) is 4.79 Å². The number of aromatic nitrogens is 1. The van der Waals surface area contributed by atoms with Crippen molar-refractivity contribution in [1.82, 2.24) is 9.88 Å². The maximum absolute atomic E-state index is 10.6. The first-order valence-corrected chi connectivity index (χ1v) is 6.95. The van der Waals surface area contributed by atoms with Crippen molar-refractivity contribution in [2.24, 2.45) is 0 Å². The van der Waals surface area contributed by atoms with Crippen molar-refractivity contribution in [1.29, 1.82) is 0 Å². The molecule has 5 heteroatoms. The Hall–Kier alpha value is -0.940. The summed E-state index contributed by atoms with van der Waals surface area (Å²) in [5, 5.41) is 11.7. The summed E-state index contributed by atoms with van der Waals surface area (Å²) in [6.45, 7) is 5.58. The molecule has 2 heterocycles. The SMILES string of the molecule is CCN1CCC(c2nc(CC(=O)O)cs2)CC1. The molecule has 0 saturated carbocycles. The highest BCUT2D eigenvalue weighted by molar-refractivity contribution is 7.09. The highest BCUT2D eigenvalue weighted by atomic mass is 32.1. The molecule has 17 heavy (non-hydrogen) atoms. The number of likely N-dealkylation sites (tertiary alicyclic amines) is 1. The van der Waals surface area contributed by atoms with E-state index in [-0.39, 0.29) is 6.42 Å². The van der Waals surface area contributed by atoms with Gasteiger partial charge in [-0.3, -0.25) is 4.79 Å². The van der Waals surface area contributed by atoms with Gasteiger partial charge in [0.05, 0.1) is 17.1 Å². The summed E-state index contributed by atoms with van der Waals surface area (Å²) in [7, 11) is 0. The third-order valence-corrected chi connectivity index (χ3v) is 4.34. The Morgan fingerprint density at radius 1 is 1.59 bits per heavy atom. The van der Waals surface area contributed by atoms with E-state index in [1.54, 1.807) is 11.3 Å². The first-order valence-electron chi connectivity index (χ1n) is 6.07. The van der Waals surface area contributed by atoms with Gasteiger partial charge in [-0.1, -0.05) is 6.92 Å². The number of rotatable bonds is 4. The smallest absolute Gasteiger partial charge is 0.309 e. The number of aliphatic carboxylic acids is 1. The van der Waals surface area contributed by atoms with Crippen LogP contribution in [0, 0.1) is 0 Å². The number of hydrogen-bond acceptors (Lipinski definition) is 4. The second kappa shape index (κ2) is 5.60. The highest BCUT2D eigenvalue weighted by Gasteiger charge is 2.22. The maximum atomic E-state index is 10.6. The minimum absolute atomic E-state index is 0.0459.